The molecule has 2 rings (SSSR count). The molecule has 3 nitrogen and oxygen atoms in total. The molecule has 110 valence electrons. The van der Waals surface area contributed by atoms with Gasteiger partial charge in [0, 0.05) is 6.54 Å². The lowest BCUT2D eigenvalue weighted by atomic mass is 9.85. The summed E-state index contributed by atoms with van der Waals surface area (Å²) in [5.74, 6) is 1.67. The number of nitrogens with zero attached hydrogens (tertiary/aromatic N) is 1. The van der Waals surface area contributed by atoms with Crippen molar-refractivity contribution in [3.63, 3.8) is 0 Å². The van der Waals surface area contributed by atoms with Gasteiger partial charge in [-0.25, -0.2) is 0 Å². The number of Topliss-reactive ketones (excluding diaryl/α,β-unsaturated/α-hetero) is 1. The van der Waals surface area contributed by atoms with Crippen LogP contribution in [0.25, 0.3) is 0 Å². The average molecular weight is 275 g/mol. The van der Waals surface area contributed by atoms with Crippen molar-refractivity contribution in [3.05, 3.63) is 29.8 Å². The van der Waals surface area contributed by atoms with Gasteiger partial charge < -0.3 is 4.74 Å². The molecule has 0 bridgehead atoms. The smallest absolute Gasteiger partial charge is 0.180 e. The lowest BCUT2D eigenvalue weighted by Crippen LogP contribution is -2.36. The minimum atomic E-state index is 0.162. The predicted octanol–water partition coefficient (Wildman–Crippen LogP) is 3.39. The number of hydrogen-bond acceptors (Lipinski definition) is 3. The summed E-state index contributed by atoms with van der Waals surface area (Å²) in [6, 6.07) is 7.55. The zero-order valence-electron chi connectivity index (χ0n) is 12.6. The number of ketones is 1. The number of likely N-dealkylation sites (N-methyl/N-ethyl adjacent to an activating group) is 1. The molecule has 0 spiro atoms. The first-order valence-electron chi connectivity index (χ1n) is 7.72. The molecule has 3 heteroatoms. The molecule has 1 aromatic rings. The zero-order chi connectivity index (χ0) is 14.4. The van der Waals surface area contributed by atoms with E-state index in [2.05, 4.69) is 11.8 Å². The van der Waals surface area contributed by atoms with Crippen molar-refractivity contribution in [2.75, 3.05) is 26.2 Å². The van der Waals surface area contributed by atoms with Crippen LogP contribution in [0.3, 0.4) is 0 Å². The Morgan fingerprint density at radius 1 is 1.30 bits per heavy atom. The van der Waals surface area contributed by atoms with Gasteiger partial charge in [-0.3, -0.25) is 9.69 Å². The number of carbonyl (C=O) groups is 1. The Morgan fingerprint density at radius 2 is 2.05 bits per heavy atom. The zero-order valence-corrected chi connectivity index (χ0v) is 12.6. The lowest BCUT2D eigenvalue weighted by Gasteiger charge is -2.31. The van der Waals surface area contributed by atoms with Crippen molar-refractivity contribution < 1.29 is 9.53 Å². The summed E-state index contributed by atoms with van der Waals surface area (Å²) >= 11 is 0. The van der Waals surface area contributed by atoms with Gasteiger partial charge in [0.15, 0.2) is 5.78 Å². The second kappa shape index (κ2) is 7.44. The first-order valence-corrected chi connectivity index (χ1v) is 7.72. The molecule has 20 heavy (non-hydrogen) atoms. The van der Waals surface area contributed by atoms with E-state index in [1.54, 1.807) is 0 Å². The van der Waals surface area contributed by atoms with Crippen LogP contribution in [-0.4, -0.2) is 36.9 Å². The van der Waals surface area contributed by atoms with Crippen LogP contribution in [0.15, 0.2) is 24.3 Å². The van der Waals surface area contributed by atoms with Crippen LogP contribution in [0, 0.1) is 5.92 Å². The highest BCUT2D eigenvalue weighted by molar-refractivity contribution is 6.00. The molecule has 0 atom stereocenters. The number of rotatable bonds is 8. The molecule has 0 radical (unpaired) electrons. The fraction of sp³-hybridized carbons (Fsp3) is 0.588. The predicted molar refractivity (Wildman–Crippen MR) is 81.4 cm³/mol. The third-order valence-corrected chi connectivity index (χ3v) is 4.04. The Kier molecular flexibility index (Phi) is 5.60. The number of carbonyl (C=O) groups excluding carboxylic acids is 1. The molecular formula is C17H25NO2. The number of ether oxygens (including phenoxy) is 1. The van der Waals surface area contributed by atoms with Gasteiger partial charge in [0.1, 0.15) is 5.75 Å². The van der Waals surface area contributed by atoms with E-state index < -0.39 is 0 Å². The van der Waals surface area contributed by atoms with Gasteiger partial charge in [-0.05, 0) is 44.4 Å². The Balaban J connectivity index is 1.98. The summed E-state index contributed by atoms with van der Waals surface area (Å²) in [6.07, 6.45) is 3.99. The van der Waals surface area contributed by atoms with E-state index in [1.165, 1.54) is 19.3 Å². The summed E-state index contributed by atoms with van der Waals surface area (Å²) in [5.41, 5.74) is 0.710. The highest BCUT2D eigenvalue weighted by atomic mass is 16.5. The van der Waals surface area contributed by atoms with Crippen LogP contribution in [-0.2, 0) is 0 Å². The molecule has 0 amide bonds. The van der Waals surface area contributed by atoms with E-state index in [9.17, 15) is 4.79 Å². The molecule has 1 aliphatic carbocycles. The maximum atomic E-state index is 12.5. The molecule has 1 fully saturated rings. The Morgan fingerprint density at radius 3 is 2.65 bits per heavy atom. The van der Waals surface area contributed by atoms with Crippen LogP contribution in [0.5, 0.6) is 5.75 Å². The quantitative estimate of drug-likeness (QED) is 0.681. The van der Waals surface area contributed by atoms with Gasteiger partial charge in [-0.15, -0.1) is 0 Å². The molecule has 0 aliphatic heterocycles. The van der Waals surface area contributed by atoms with Crippen LogP contribution < -0.4 is 4.74 Å². The normalized spacial score (nSPS) is 15.2. The Hall–Kier alpha value is -1.35. The van der Waals surface area contributed by atoms with E-state index in [1.807, 2.05) is 31.2 Å². The highest BCUT2D eigenvalue weighted by Crippen LogP contribution is 2.27. The Labute approximate surface area is 121 Å². The summed E-state index contributed by atoms with van der Waals surface area (Å²) in [6.45, 7) is 7.13. The van der Waals surface area contributed by atoms with Crippen molar-refractivity contribution in [1.82, 2.24) is 4.90 Å². The third kappa shape index (κ3) is 3.83. The van der Waals surface area contributed by atoms with E-state index in [-0.39, 0.29) is 5.78 Å². The van der Waals surface area contributed by atoms with Gasteiger partial charge in [-0.1, -0.05) is 25.5 Å². The van der Waals surface area contributed by atoms with E-state index >= 15 is 0 Å². The van der Waals surface area contributed by atoms with Crippen molar-refractivity contribution in [3.8, 4) is 5.75 Å². The lowest BCUT2D eigenvalue weighted by molar-refractivity contribution is 0.0901. The van der Waals surface area contributed by atoms with Crippen molar-refractivity contribution in [1.29, 1.82) is 0 Å². The average Bonchev–Trinajstić information content (AvgIpc) is 2.42. The second-order valence-electron chi connectivity index (χ2n) is 5.48. The summed E-state index contributed by atoms with van der Waals surface area (Å²) < 4.78 is 5.55. The first-order chi connectivity index (χ1) is 9.74. The van der Waals surface area contributed by atoms with Crippen molar-refractivity contribution >= 4 is 5.78 Å². The monoisotopic (exact) mass is 275 g/mol. The maximum absolute atomic E-state index is 12.5. The topological polar surface area (TPSA) is 29.5 Å². The van der Waals surface area contributed by atoms with E-state index in [0.717, 1.165) is 19.0 Å². The molecule has 0 saturated heterocycles. The second-order valence-corrected chi connectivity index (χ2v) is 5.48. The molecule has 1 aromatic carbocycles. The summed E-state index contributed by atoms with van der Waals surface area (Å²) in [5, 5.41) is 0. The first kappa shape index (κ1) is 15.0. The SMILES string of the molecule is CCOc1ccccc1C(=O)CN(CC)CC1CCC1. The summed E-state index contributed by atoms with van der Waals surface area (Å²) in [7, 11) is 0. The van der Waals surface area contributed by atoms with E-state index in [4.69, 9.17) is 4.74 Å². The molecule has 1 saturated carbocycles. The molecule has 0 unspecified atom stereocenters. The Bertz CT molecular complexity index is 440. The minimum Gasteiger partial charge on any atom is -0.493 e. The minimum absolute atomic E-state index is 0.162. The van der Waals surface area contributed by atoms with Gasteiger partial charge in [0.2, 0.25) is 0 Å². The number of para-hydroxylation sites is 1. The van der Waals surface area contributed by atoms with Gasteiger partial charge >= 0.3 is 0 Å². The van der Waals surface area contributed by atoms with Crippen molar-refractivity contribution in [2.24, 2.45) is 5.92 Å². The van der Waals surface area contributed by atoms with Gasteiger partial charge in [0.05, 0.1) is 18.7 Å². The maximum Gasteiger partial charge on any atom is 0.180 e. The molecule has 0 aromatic heterocycles. The van der Waals surface area contributed by atoms with Crippen LogP contribution >= 0.6 is 0 Å². The fourth-order valence-electron chi connectivity index (χ4n) is 2.61. The third-order valence-electron chi connectivity index (χ3n) is 4.04. The summed E-state index contributed by atoms with van der Waals surface area (Å²) in [4.78, 5) is 14.7. The van der Waals surface area contributed by atoms with Crippen LogP contribution in [0.1, 0.15) is 43.5 Å². The molecule has 0 heterocycles. The molecule has 1 aliphatic rings. The van der Waals surface area contributed by atoms with Gasteiger partial charge in [-0.2, -0.15) is 0 Å². The number of benzene rings is 1. The largest absolute Gasteiger partial charge is 0.493 e. The van der Waals surface area contributed by atoms with Crippen LogP contribution in [0.4, 0.5) is 0 Å². The molecular weight excluding hydrogens is 250 g/mol. The fourth-order valence-corrected chi connectivity index (χ4v) is 2.61. The van der Waals surface area contributed by atoms with Crippen LogP contribution in [0.2, 0.25) is 0 Å². The van der Waals surface area contributed by atoms with E-state index in [0.29, 0.717) is 24.5 Å². The highest BCUT2D eigenvalue weighted by Gasteiger charge is 2.22. The molecule has 0 N–H and O–H groups in total. The van der Waals surface area contributed by atoms with Crippen molar-refractivity contribution in [2.45, 2.75) is 33.1 Å². The number of hydrogen-bond donors (Lipinski definition) is 0. The standard InChI is InChI=1S/C17H25NO2/c1-3-18(12-14-8-7-9-14)13-16(19)15-10-5-6-11-17(15)20-4-2/h5-6,10-11,14H,3-4,7-9,12-13H2,1-2H3. The van der Waals surface area contributed by atoms with Gasteiger partial charge in [0.25, 0.3) is 0 Å².